The van der Waals surface area contributed by atoms with Gasteiger partial charge in [-0.2, -0.15) is 10.2 Å². The first kappa shape index (κ1) is 44.0. The molecular weight excluding hydrogens is 798 g/mol. The Morgan fingerprint density at radius 1 is 0.456 bits per heavy atom. The molecular formula is C46H48Cl4N4O3. The minimum atomic E-state index is -0.488. The van der Waals surface area contributed by atoms with E-state index in [0.29, 0.717) is 87.8 Å². The van der Waals surface area contributed by atoms with Gasteiger partial charge in [-0.1, -0.05) is 129 Å². The summed E-state index contributed by atoms with van der Waals surface area (Å²) in [6, 6.07) is 13.4. The smallest absolute Gasteiger partial charge is 0.186 e. The number of rotatable bonds is 6. The average molecular weight is 847 g/mol. The van der Waals surface area contributed by atoms with Crippen LogP contribution in [0.25, 0.3) is 11.4 Å². The number of carbonyl (C=O) groups is 2. The number of halogens is 4. The van der Waals surface area contributed by atoms with Gasteiger partial charge < -0.3 is 4.42 Å². The topological polar surface area (TPSA) is 96.7 Å². The van der Waals surface area contributed by atoms with Gasteiger partial charge in [0.05, 0.1) is 11.4 Å². The highest BCUT2D eigenvalue weighted by Crippen LogP contribution is 2.44. The molecule has 0 radical (unpaired) electrons. The normalized spacial score (nSPS) is 16.0. The van der Waals surface area contributed by atoms with Crippen molar-refractivity contribution >= 4 is 80.7 Å². The van der Waals surface area contributed by atoms with Crippen LogP contribution in [0.2, 0.25) is 20.1 Å². The Kier molecular flexibility index (Phi) is 12.5. The van der Waals surface area contributed by atoms with E-state index in [1.54, 1.807) is 48.5 Å². The van der Waals surface area contributed by atoms with Crippen molar-refractivity contribution in [3.63, 3.8) is 0 Å². The van der Waals surface area contributed by atoms with Crippen molar-refractivity contribution in [2.45, 2.75) is 83.1 Å². The van der Waals surface area contributed by atoms with Gasteiger partial charge in [0.15, 0.2) is 23.1 Å². The van der Waals surface area contributed by atoms with Crippen LogP contribution in [0.3, 0.4) is 0 Å². The van der Waals surface area contributed by atoms with Gasteiger partial charge in [0.25, 0.3) is 0 Å². The summed E-state index contributed by atoms with van der Waals surface area (Å²) in [4.78, 5) is 27.9. The molecule has 0 bridgehead atoms. The summed E-state index contributed by atoms with van der Waals surface area (Å²) in [5.74, 6) is 0.623. The van der Waals surface area contributed by atoms with E-state index in [4.69, 9.17) is 61.0 Å². The van der Waals surface area contributed by atoms with Crippen LogP contribution in [0.5, 0.6) is 0 Å². The fraction of sp³-hybridized carbons (Fsp3) is 0.348. The third kappa shape index (κ3) is 10.5. The Bertz CT molecular complexity index is 2130. The SMILES string of the molecule is CC(C)(C)C1=CC(=C(N=Nc2cc(Cl)cc(Cl)c2)c2ccc(C(N=Nc3cc(Cl)cc(Cl)c3)=C3C=C(C(C)(C)C)C(=O)C(C(C)(C)C)=C3)o2)C=C(C(C)(C)C)C1=O. The number of furan rings is 1. The van der Waals surface area contributed by atoms with E-state index in [-0.39, 0.29) is 11.6 Å². The van der Waals surface area contributed by atoms with Gasteiger partial charge in [-0.25, -0.2) is 0 Å². The number of carbonyl (C=O) groups excluding carboxylic acids is 2. The van der Waals surface area contributed by atoms with Gasteiger partial charge in [0, 0.05) is 53.5 Å². The van der Waals surface area contributed by atoms with E-state index in [1.807, 2.05) is 107 Å². The van der Waals surface area contributed by atoms with Gasteiger partial charge in [-0.15, -0.1) is 10.2 Å². The standard InChI is InChI=1S/C46H48Cl4N4O3/c1-43(2,3)33-15-25(16-34(41(33)55)44(4,5)6)39(53-51-31-21-27(47)19-28(48)22-31)37-13-14-38(57-37)40(54-52-32-23-29(49)20-30(50)24-32)26-17-35(45(7,8)9)42(56)36(18-26)46(10,11)12/h13-24H,1-12H3. The molecule has 0 amide bonds. The monoisotopic (exact) mass is 844 g/mol. The number of Topliss-reactive ketones (excluding diaryl/α,β-unsaturated/α-hetero) is 2. The number of nitrogens with zero attached hydrogens (tertiary/aromatic N) is 4. The fourth-order valence-electron chi connectivity index (χ4n) is 6.26. The van der Waals surface area contributed by atoms with E-state index < -0.39 is 21.7 Å². The molecule has 0 aliphatic heterocycles. The second-order valence-corrected chi connectivity index (χ2v) is 20.1. The lowest BCUT2D eigenvalue weighted by Gasteiger charge is -2.31. The highest BCUT2D eigenvalue weighted by molar-refractivity contribution is 6.35. The fourth-order valence-corrected chi connectivity index (χ4v) is 7.29. The molecule has 7 nitrogen and oxygen atoms in total. The van der Waals surface area contributed by atoms with Gasteiger partial charge in [0.2, 0.25) is 0 Å². The van der Waals surface area contributed by atoms with Crippen molar-refractivity contribution in [2.75, 3.05) is 0 Å². The highest BCUT2D eigenvalue weighted by atomic mass is 35.5. The van der Waals surface area contributed by atoms with Gasteiger partial charge in [-0.05, 0) is 94.5 Å². The van der Waals surface area contributed by atoms with Crippen LogP contribution in [0.15, 0.2) is 131 Å². The van der Waals surface area contributed by atoms with Gasteiger partial charge in [-0.3, -0.25) is 9.59 Å². The quantitative estimate of drug-likeness (QED) is 0.231. The maximum atomic E-state index is 13.9. The minimum Gasteiger partial charge on any atom is -0.453 e. The second kappa shape index (κ2) is 16.2. The van der Waals surface area contributed by atoms with Crippen molar-refractivity contribution in [1.29, 1.82) is 0 Å². The molecule has 2 aliphatic carbocycles. The number of azo groups is 2. The lowest BCUT2D eigenvalue weighted by molar-refractivity contribution is -0.114. The van der Waals surface area contributed by atoms with Crippen molar-refractivity contribution in [3.05, 3.63) is 138 Å². The third-order valence-electron chi connectivity index (χ3n) is 9.26. The molecule has 3 aromatic rings. The first-order valence-electron chi connectivity index (χ1n) is 18.6. The highest BCUT2D eigenvalue weighted by Gasteiger charge is 2.37. The Balaban J connectivity index is 1.85. The first-order valence-corrected chi connectivity index (χ1v) is 20.1. The zero-order valence-electron chi connectivity index (χ0n) is 34.5. The van der Waals surface area contributed by atoms with E-state index in [0.717, 1.165) is 0 Å². The summed E-state index contributed by atoms with van der Waals surface area (Å²) in [6.07, 6.45) is 7.41. The molecule has 0 N–H and O–H groups in total. The van der Waals surface area contributed by atoms with E-state index >= 15 is 0 Å². The van der Waals surface area contributed by atoms with E-state index in [2.05, 4.69) is 10.2 Å². The van der Waals surface area contributed by atoms with Gasteiger partial charge in [0.1, 0.15) is 11.4 Å². The van der Waals surface area contributed by atoms with Crippen LogP contribution in [-0.2, 0) is 9.59 Å². The first-order chi connectivity index (χ1) is 26.2. The molecule has 5 rings (SSSR count). The Morgan fingerprint density at radius 2 is 0.719 bits per heavy atom. The summed E-state index contributed by atoms with van der Waals surface area (Å²) in [5, 5.41) is 20.2. The van der Waals surface area contributed by atoms with Crippen molar-refractivity contribution < 1.29 is 14.0 Å². The minimum absolute atomic E-state index is 0.0277. The zero-order chi connectivity index (χ0) is 42.4. The van der Waals surface area contributed by atoms with E-state index in [1.165, 1.54) is 0 Å². The molecule has 2 aromatic carbocycles. The molecule has 0 unspecified atom stereocenters. The summed E-state index contributed by atoms with van der Waals surface area (Å²) < 4.78 is 6.71. The predicted molar refractivity (Wildman–Crippen MR) is 235 cm³/mol. The molecule has 0 atom stereocenters. The van der Waals surface area contributed by atoms with Gasteiger partial charge >= 0.3 is 0 Å². The second-order valence-electron chi connectivity index (χ2n) is 18.3. The molecule has 1 heterocycles. The predicted octanol–water partition coefficient (Wildman–Crippen LogP) is 15.9. The lowest BCUT2D eigenvalue weighted by atomic mass is 9.71. The van der Waals surface area contributed by atoms with Crippen LogP contribution in [-0.4, -0.2) is 11.6 Å². The van der Waals surface area contributed by atoms with Crippen molar-refractivity contribution in [1.82, 2.24) is 0 Å². The Labute approximate surface area is 356 Å². The third-order valence-corrected chi connectivity index (χ3v) is 10.1. The number of hydrogen-bond acceptors (Lipinski definition) is 7. The Hall–Kier alpha value is -4.14. The molecule has 0 saturated carbocycles. The van der Waals surface area contributed by atoms with Crippen LogP contribution in [0, 0.1) is 21.7 Å². The number of benzene rings is 2. The number of hydrogen-bond donors (Lipinski definition) is 0. The van der Waals surface area contributed by atoms with Crippen molar-refractivity contribution in [2.24, 2.45) is 42.1 Å². The molecule has 298 valence electrons. The molecule has 0 fully saturated rings. The summed E-state index contributed by atoms with van der Waals surface area (Å²) in [7, 11) is 0. The van der Waals surface area contributed by atoms with Crippen LogP contribution in [0.1, 0.15) is 94.6 Å². The summed E-state index contributed by atoms with van der Waals surface area (Å²) in [5.41, 5.74) is 3.35. The summed E-state index contributed by atoms with van der Waals surface area (Å²) in [6.45, 7) is 24.1. The molecule has 0 saturated heterocycles. The largest absolute Gasteiger partial charge is 0.453 e. The maximum Gasteiger partial charge on any atom is 0.186 e. The van der Waals surface area contributed by atoms with Crippen LogP contribution >= 0.6 is 46.4 Å². The molecule has 11 heteroatoms. The van der Waals surface area contributed by atoms with Crippen LogP contribution in [0.4, 0.5) is 11.4 Å². The molecule has 1 aromatic heterocycles. The molecule has 57 heavy (non-hydrogen) atoms. The zero-order valence-corrected chi connectivity index (χ0v) is 37.5. The molecule has 2 aliphatic rings. The number of allylic oxidation sites excluding steroid dienone is 10. The van der Waals surface area contributed by atoms with Crippen molar-refractivity contribution in [3.8, 4) is 0 Å². The number of ketones is 2. The van der Waals surface area contributed by atoms with Crippen LogP contribution < -0.4 is 0 Å². The molecule has 0 spiro atoms. The Morgan fingerprint density at radius 3 is 0.965 bits per heavy atom. The van der Waals surface area contributed by atoms with E-state index in [9.17, 15) is 9.59 Å². The summed E-state index contributed by atoms with van der Waals surface area (Å²) >= 11 is 25.3. The average Bonchev–Trinajstić information content (AvgIpc) is 3.52. The maximum absolute atomic E-state index is 13.9. The lowest BCUT2D eigenvalue weighted by Crippen LogP contribution is -2.28.